The van der Waals surface area contributed by atoms with Crippen molar-refractivity contribution in [2.75, 3.05) is 0 Å². The van der Waals surface area contributed by atoms with Gasteiger partial charge in [0.15, 0.2) is 16.6 Å². The molecule has 0 radical (unpaired) electrons. The van der Waals surface area contributed by atoms with E-state index >= 15 is 0 Å². The first-order valence-electron chi connectivity index (χ1n) is 16.2. The summed E-state index contributed by atoms with van der Waals surface area (Å²) in [4.78, 5) is 0. The molecule has 1 unspecified atom stereocenters. The SMILES string of the molecule is C=C1[C@H](O[Si](C)(C)C(C)(C)C)CC(=C/C=C2\CCC[C@]3(C)C([C@H](C)CC)CC[C@@H]23)C[C@H]1O[Si](C)(C)C(C)(C)C. The van der Waals surface area contributed by atoms with Crippen molar-refractivity contribution in [1.82, 2.24) is 0 Å². The predicted octanol–water partition coefficient (Wildman–Crippen LogP) is 11.2. The van der Waals surface area contributed by atoms with Gasteiger partial charge in [-0.15, -0.1) is 0 Å². The van der Waals surface area contributed by atoms with Gasteiger partial charge < -0.3 is 8.85 Å². The summed E-state index contributed by atoms with van der Waals surface area (Å²) in [5, 5.41) is 0.348. The molecule has 3 rings (SSSR count). The minimum absolute atomic E-state index is 0.0527. The average molecular weight is 573 g/mol. The minimum Gasteiger partial charge on any atom is -0.410 e. The average Bonchev–Trinajstić information content (AvgIpc) is 3.15. The number of hydrogen-bond acceptors (Lipinski definition) is 2. The largest absolute Gasteiger partial charge is 0.410 e. The fourth-order valence-corrected chi connectivity index (χ4v) is 9.79. The lowest BCUT2D eigenvalue weighted by atomic mass is 9.61. The maximum absolute atomic E-state index is 7.06. The summed E-state index contributed by atoms with van der Waals surface area (Å²) in [5.74, 6) is 2.48. The van der Waals surface area contributed by atoms with Gasteiger partial charge in [-0.2, -0.15) is 0 Å². The Balaban J connectivity index is 1.92. The lowest BCUT2D eigenvalue weighted by molar-refractivity contribution is 0.0961. The van der Waals surface area contributed by atoms with Crippen LogP contribution in [0.5, 0.6) is 0 Å². The summed E-state index contributed by atoms with van der Waals surface area (Å²) in [6.45, 7) is 35.7. The molecule has 224 valence electrons. The van der Waals surface area contributed by atoms with Crippen LogP contribution in [-0.2, 0) is 8.85 Å². The van der Waals surface area contributed by atoms with Crippen LogP contribution < -0.4 is 0 Å². The van der Waals surface area contributed by atoms with E-state index in [1.807, 2.05) is 0 Å². The standard InChI is InChI=1S/C35H64O2Si2/c1-15-25(2)29-20-21-30-28(17-16-22-35(29,30)10)19-18-27-23-31(36-38(11,12)33(4,5)6)26(3)32(24-27)37-39(13,14)34(7,8)9/h18-19,25,29-32H,3,15-17,20-24H2,1-2,4-14H3/b28-19+/t25-,29?,30+,31-,32-,35-/m1/s1. The van der Waals surface area contributed by atoms with Crippen LogP contribution in [-0.4, -0.2) is 28.8 Å². The second kappa shape index (κ2) is 11.7. The highest BCUT2D eigenvalue weighted by molar-refractivity contribution is 6.74. The lowest BCUT2D eigenvalue weighted by Gasteiger charge is -2.46. The molecule has 4 heteroatoms. The molecule has 6 atom stereocenters. The van der Waals surface area contributed by atoms with Crippen LogP contribution in [0.25, 0.3) is 0 Å². The molecule has 0 aromatic rings. The second-order valence-corrected chi connectivity index (χ2v) is 26.3. The first kappa shape index (κ1) is 33.1. The van der Waals surface area contributed by atoms with Gasteiger partial charge in [0.25, 0.3) is 0 Å². The third-order valence-electron chi connectivity index (χ3n) is 12.1. The van der Waals surface area contributed by atoms with E-state index in [1.54, 1.807) is 5.57 Å². The van der Waals surface area contributed by atoms with Crippen molar-refractivity contribution in [2.24, 2.45) is 23.2 Å². The summed E-state index contributed by atoms with van der Waals surface area (Å²) in [6.07, 6.45) is 15.2. The topological polar surface area (TPSA) is 18.5 Å². The zero-order chi connectivity index (χ0) is 29.6. The Morgan fingerprint density at radius 3 is 1.90 bits per heavy atom. The molecule has 2 nitrogen and oxygen atoms in total. The second-order valence-electron chi connectivity index (χ2n) is 16.8. The van der Waals surface area contributed by atoms with Gasteiger partial charge in [0.2, 0.25) is 0 Å². The van der Waals surface area contributed by atoms with Crippen LogP contribution >= 0.6 is 0 Å². The Bertz CT molecular complexity index is 903. The van der Waals surface area contributed by atoms with Crippen molar-refractivity contribution in [3.8, 4) is 0 Å². The fourth-order valence-electron chi connectivity index (χ4n) is 7.19. The van der Waals surface area contributed by atoms with Crippen LogP contribution in [0, 0.1) is 23.2 Å². The van der Waals surface area contributed by atoms with Gasteiger partial charge in [0.05, 0.1) is 12.2 Å². The summed E-state index contributed by atoms with van der Waals surface area (Å²) in [6, 6.07) is 0. The highest BCUT2D eigenvalue weighted by Gasteiger charge is 2.50. The molecule has 0 aromatic heterocycles. The first-order chi connectivity index (χ1) is 17.7. The summed E-state index contributed by atoms with van der Waals surface area (Å²) in [7, 11) is -3.88. The number of rotatable bonds is 7. The van der Waals surface area contributed by atoms with Crippen molar-refractivity contribution in [2.45, 2.75) is 162 Å². The summed E-state index contributed by atoms with van der Waals surface area (Å²) >= 11 is 0. The van der Waals surface area contributed by atoms with E-state index in [0.717, 1.165) is 30.6 Å². The smallest absolute Gasteiger partial charge is 0.192 e. The molecule has 3 saturated carbocycles. The monoisotopic (exact) mass is 572 g/mol. The van der Waals surface area contributed by atoms with Crippen molar-refractivity contribution >= 4 is 16.6 Å². The van der Waals surface area contributed by atoms with E-state index in [1.165, 1.54) is 49.7 Å². The summed E-state index contributed by atoms with van der Waals surface area (Å²) < 4.78 is 14.1. The molecule has 0 heterocycles. The maximum atomic E-state index is 7.06. The number of fused-ring (bicyclic) bond motifs is 1. The number of allylic oxidation sites excluding steroid dienone is 3. The molecule has 0 N–H and O–H groups in total. The highest BCUT2D eigenvalue weighted by atomic mass is 28.4. The minimum atomic E-state index is -1.94. The zero-order valence-corrected chi connectivity index (χ0v) is 30.2. The van der Waals surface area contributed by atoms with Gasteiger partial charge in [0.1, 0.15) is 0 Å². The zero-order valence-electron chi connectivity index (χ0n) is 28.2. The van der Waals surface area contributed by atoms with Crippen LogP contribution in [0.15, 0.2) is 35.5 Å². The Hall–Kier alpha value is -0.426. The summed E-state index contributed by atoms with van der Waals surface area (Å²) in [5.41, 5.74) is 4.87. The first-order valence-corrected chi connectivity index (χ1v) is 22.0. The van der Waals surface area contributed by atoms with Crippen LogP contribution in [0.1, 0.15) is 114 Å². The molecule has 3 fully saturated rings. The van der Waals surface area contributed by atoms with Crippen molar-refractivity contribution in [3.63, 3.8) is 0 Å². The Morgan fingerprint density at radius 1 is 0.923 bits per heavy atom. The van der Waals surface area contributed by atoms with Crippen LogP contribution in [0.2, 0.25) is 36.3 Å². The molecule has 0 aliphatic heterocycles. The molecule has 3 aliphatic rings. The maximum Gasteiger partial charge on any atom is 0.192 e. The lowest BCUT2D eigenvalue weighted by Crippen LogP contribution is -2.49. The Labute approximate surface area is 245 Å². The Kier molecular flexibility index (Phi) is 9.91. The van der Waals surface area contributed by atoms with Crippen LogP contribution in [0.3, 0.4) is 0 Å². The molecule has 0 amide bonds. The van der Waals surface area contributed by atoms with E-state index in [2.05, 4.69) is 107 Å². The fraction of sp³-hybridized carbons (Fsp3) is 0.829. The van der Waals surface area contributed by atoms with Crippen molar-refractivity contribution in [3.05, 3.63) is 35.5 Å². The quantitative estimate of drug-likeness (QED) is 0.223. The van der Waals surface area contributed by atoms with Crippen molar-refractivity contribution in [1.29, 1.82) is 0 Å². The molecule has 0 aromatic carbocycles. The predicted molar refractivity (Wildman–Crippen MR) is 176 cm³/mol. The molecule has 39 heavy (non-hydrogen) atoms. The van der Waals surface area contributed by atoms with Gasteiger partial charge in [0, 0.05) is 0 Å². The van der Waals surface area contributed by atoms with Gasteiger partial charge in [-0.25, -0.2) is 0 Å². The highest BCUT2D eigenvalue weighted by Crippen LogP contribution is 2.59. The Morgan fingerprint density at radius 2 is 1.44 bits per heavy atom. The third-order valence-corrected chi connectivity index (χ3v) is 21.1. The molecule has 0 spiro atoms. The van der Waals surface area contributed by atoms with Crippen LogP contribution in [0.4, 0.5) is 0 Å². The van der Waals surface area contributed by atoms with Crippen molar-refractivity contribution < 1.29 is 8.85 Å². The van der Waals surface area contributed by atoms with E-state index in [-0.39, 0.29) is 22.3 Å². The van der Waals surface area contributed by atoms with Gasteiger partial charge in [-0.3, -0.25) is 0 Å². The number of hydrogen-bond donors (Lipinski definition) is 0. The van der Waals surface area contributed by atoms with E-state index in [9.17, 15) is 0 Å². The molecule has 0 saturated heterocycles. The molecular weight excluding hydrogens is 509 g/mol. The molecule has 3 aliphatic carbocycles. The third kappa shape index (κ3) is 6.97. The normalized spacial score (nSPS) is 32.9. The molecular formula is C35H64O2Si2. The van der Waals surface area contributed by atoms with Gasteiger partial charge in [-0.1, -0.05) is 98.6 Å². The van der Waals surface area contributed by atoms with E-state index in [0.29, 0.717) is 5.41 Å². The van der Waals surface area contributed by atoms with Gasteiger partial charge in [-0.05, 0) is 110 Å². The van der Waals surface area contributed by atoms with E-state index < -0.39 is 16.6 Å². The molecule has 0 bridgehead atoms. The van der Waals surface area contributed by atoms with Gasteiger partial charge >= 0.3 is 0 Å². The van der Waals surface area contributed by atoms with E-state index in [4.69, 9.17) is 8.85 Å².